The molecule has 0 saturated carbocycles. The third-order valence-electron chi connectivity index (χ3n) is 5.02. The van der Waals surface area contributed by atoms with E-state index >= 15 is 0 Å². The number of unbranched alkanes of at least 4 members (excludes halogenated alkanes) is 9. The number of benzene rings is 1. The second-order valence-corrected chi connectivity index (χ2v) is 11.8. The lowest BCUT2D eigenvalue weighted by molar-refractivity contribution is -0.870. The Hall–Kier alpha value is 0.0200. The quantitative estimate of drug-likeness (QED) is 0.0969. The van der Waals surface area contributed by atoms with E-state index in [2.05, 4.69) is 46.9 Å². The summed E-state index contributed by atoms with van der Waals surface area (Å²) < 4.78 is 23.8. The van der Waals surface area contributed by atoms with Gasteiger partial charge in [-0.3, -0.25) is 9.05 Å². The van der Waals surface area contributed by atoms with Crippen LogP contribution in [-0.2, 0) is 20.0 Å². The van der Waals surface area contributed by atoms with Crippen LogP contribution in [0.3, 0.4) is 0 Å². The zero-order valence-corrected chi connectivity index (χ0v) is 22.2. The van der Waals surface area contributed by atoms with E-state index in [0.29, 0.717) is 17.6 Å². The van der Waals surface area contributed by atoms with Gasteiger partial charge in [0.2, 0.25) is 0 Å². The molecule has 1 aromatic carbocycles. The van der Waals surface area contributed by atoms with E-state index in [1.54, 1.807) is 0 Å². The van der Waals surface area contributed by atoms with Crippen molar-refractivity contribution in [2.45, 2.75) is 70.6 Å². The summed E-state index contributed by atoms with van der Waals surface area (Å²) in [6.45, 7) is 1.18. The molecule has 1 rings (SSSR count). The molecule has 0 aliphatic carbocycles. The van der Waals surface area contributed by atoms with Gasteiger partial charge in [0.25, 0.3) is 0 Å². The molecule has 0 saturated heterocycles. The molecule has 174 valence electrons. The molecule has 0 radical (unpaired) electrons. The average molecular weight is 552 g/mol. The highest BCUT2D eigenvalue weighted by Crippen LogP contribution is 2.43. The number of hydrogen-bond acceptors (Lipinski definition) is 3. The lowest BCUT2D eigenvalue weighted by Crippen LogP contribution is -2.37. The van der Waals surface area contributed by atoms with E-state index in [1.165, 1.54) is 60.5 Å². The zero-order chi connectivity index (χ0) is 22.3. The van der Waals surface area contributed by atoms with Gasteiger partial charge in [0.1, 0.15) is 13.2 Å². The summed E-state index contributed by atoms with van der Waals surface area (Å²) in [7, 11) is 2.15. The molecule has 5 nitrogen and oxygen atoms in total. The number of aryl methyl sites for hydroxylation is 1. The van der Waals surface area contributed by atoms with Gasteiger partial charge in [0, 0.05) is 3.57 Å². The highest BCUT2D eigenvalue weighted by Gasteiger charge is 2.21. The molecule has 0 aliphatic rings. The Kier molecular flexibility index (Phi) is 14.7. The highest BCUT2D eigenvalue weighted by atomic mass is 125. The molecular formula is C23H42INO4P+. The van der Waals surface area contributed by atoms with Crippen LogP contribution in [0.25, 0.3) is 0 Å². The van der Waals surface area contributed by atoms with Crippen molar-refractivity contribution >= 4 is 30.4 Å². The molecule has 1 aromatic rings. The molecule has 30 heavy (non-hydrogen) atoms. The first-order chi connectivity index (χ1) is 14.2. The van der Waals surface area contributed by atoms with Gasteiger partial charge in [-0.2, -0.15) is 0 Å². The van der Waals surface area contributed by atoms with E-state index in [4.69, 9.17) is 9.05 Å². The Labute approximate surface area is 197 Å². The Morgan fingerprint density at radius 3 is 1.97 bits per heavy atom. The second-order valence-electron chi connectivity index (χ2n) is 9.06. The highest BCUT2D eigenvalue weighted by molar-refractivity contribution is 14.1. The molecule has 1 N–H and O–H groups in total. The molecule has 0 aliphatic heterocycles. The van der Waals surface area contributed by atoms with E-state index in [-0.39, 0.29) is 6.61 Å². The molecular weight excluding hydrogens is 510 g/mol. The third-order valence-corrected chi connectivity index (χ3v) is 6.71. The molecule has 0 heterocycles. The average Bonchev–Trinajstić information content (AvgIpc) is 2.64. The number of phosphoric acid groups is 1. The van der Waals surface area contributed by atoms with Crippen LogP contribution in [-0.4, -0.2) is 50.3 Å². The Bertz CT molecular complexity index is 621. The van der Waals surface area contributed by atoms with Crippen molar-refractivity contribution in [1.29, 1.82) is 0 Å². The van der Waals surface area contributed by atoms with Crippen molar-refractivity contribution in [2.75, 3.05) is 40.9 Å². The van der Waals surface area contributed by atoms with Gasteiger partial charge < -0.3 is 9.38 Å². The van der Waals surface area contributed by atoms with Crippen LogP contribution in [0.4, 0.5) is 0 Å². The standard InChI is InChI=1S/C23H41INO4P/c1-25(2,3)18-20-29-30(26,27)28-19-13-11-9-7-5-4-6-8-10-12-15-22-16-14-17-23(24)21-22/h14,16-17,21H,4-13,15,18-20H2,1-3H3/p+1/i24-2. The summed E-state index contributed by atoms with van der Waals surface area (Å²) in [5.74, 6) is 0. The summed E-state index contributed by atoms with van der Waals surface area (Å²) in [6, 6.07) is 8.80. The maximum absolute atomic E-state index is 11.8. The number of nitrogens with zero attached hydrogens (tertiary/aromatic N) is 1. The van der Waals surface area contributed by atoms with Gasteiger partial charge >= 0.3 is 7.82 Å². The number of rotatable bonds is 18. The fraction of sp³-hybridized carbons (Fsp3) is 0.739. The largest absolute Gasteiger partial charge is 0.472 e. The van der Waals surface area contributed by atoms with Gasteiger partial charge in [-0.05, 0) is 59.5 Å². The number of phosphoric ester groups is 1. The maximum atomic E-state index is 11.8. The maximum Gasteiger partial charge on any atom is 0.472 e. The molecule has 0 aromatic heterocycles. The molecule has 1 atom stereocenters. The predicted octanol–water partition coefficient (Wildman–Crippen LogP) is 6.57. The number of quaternary nitrogens is 1. The smallest absolute Gasteiger partial charge is 0.329 e. The first-order valence-electron chi connectivity index (χ1n) is 11.3. The van der Waals surface area contributed by atoms with Crippen molar-refractivity contribution in [3.05, 3.63) is 33.4 Å². The fourth-order valence-corrected chi connectivity index (χ4v) is 4.54. The van der Waals surface area contributed by atoms with E-state index in [9.17, 15) is 9.46 Å². The Morgan fingerprint density at radius 2 is 1.40 bits per heavy atom. The van der Waals surface area contributed by atoms with Crippen LogP contribution in [0.5, 0.6) is 0 Å². The van der Waals surface area contributed by atoms with Gasteiger partial charge in [0.05, 0.1) is 27.7 Å². The van der Waals surface area contributed by atoms with Crippen LogP contribution >= 0.6 is 30.4 Å². The van der Waals surface area contributed by atoms with Crippen LogP contribution in [0, 0.1) is 3.57 Å². The van der Waals surface area contributed by atoms with Crippen LogP contribution in [0.15, 0.2) is 24.3 Å². The molecule has 0 amide bonds. The van der Waals surface area contributed by atoms with Crippen LogP contribution in [0.2, 0.25) is 0 Å². The Morgan fingerprint density at radius 1 is 0.867 bits per heavy atom. The van der Waals surface area contributed by atoms with E-state index < -0.39 is 7.82 Å². The van der Waals surface area contributed by atoms with Crippen molar-refractivity contribution in [3.63, 3.8) is 0 Å². The summed E-state index contributed by atoms with van der Waals surface area (Å²) >= 11 is 2.38. The fourth-order valence-electron chi connectivity index (χ4n) is 3.19. The van der Waals surface area contributed by atoms with Crippen LogP contribution in [0.1, 0.15) is 69.8 Å². The van der Waals surface area contributed by atoms with Gasteiger partial charge in [-0.1, -0.05) is 63.5 Å². The van der Waals surface area contributed by atoms with Crippen molar-refractivity contribution in [3.8, 4) is 0 Å². The summed E-state index contributed by atoms with van der Waals surface area (Å²) in [4.78, 5) is 9.65. The van der Waals surface area contributed by atoms with E-state index in [1.807, 2.05) is 21.1 Å². The first kappa shape index (κ1) is 28.1. The van der Waals surface area contributed by atoms with Gasteiger partial charge in [-0.25, -0.2) is 4.57 Å². The number of halogens is 1. The predicted molar refractivity (Wildman–Crippen MR) is 134 cm³/mol. The SMILES string of the molecule is C[N+](C)(C)CCOP(=O)(O)OCCCCCCCCCCCCc1cccc([125I])c1. The minimum absolute atomic E-state index is 0.225. The lowest BCUT2D eigenvalue weighted by atomic mass is 10.0. The molecule has 1 unspecified atom stereocenters. The first-order valence-corrected chi connectivity index (χ1v) is 13.9. The van der Waals surface area contributed by atoms with Crippen LogP contribution < -0.4 is 0 Å². The molecule has 0 fully saturated rings. The minimum atomic E-state index is -3.89. The van der Waals surface area contributed by atoms with Crippen molar-refractivity contribution in [1.82, 2.24) is 0 Å². The topological polar surface area (TPSA) is 55.8 Å². The molecule has 7 heteroatoms. The van der Waals surface area contributed by atoms with Crippen molar-refractivity contribution in [2.24, 2.45) is 0 Å². The van der Waals surface area contributed by atoms with Crippen molar-refractivity contribution < 1.29 is 23.0 Å². The minimum Gasteiger partial charge on any atom is -0.329 e. The Balaban J connectivity index is 1.86. The summed E-state index contributed by atoms with van der Waals surface area (Å²) in [5.41, 5.74) is 1.46. The summed E-state index contributed by atoms with van der Waals surface area (Å²) in [6.07, 6.45) is 13.3. The molecule has 0 bridgehead atoms. The monoisotopic (exact) mass is 552 g/mol. The number of hydrogen-bond donors (Lipinski definition) is 1. The molecule has 0 spiro atoms. The van der Waals surface area contributed by atoms with Gasteiger partial charge in [-0.15, -0.1) is 0 Å². The zero-order valence-electron chi connectivity index (χ0n) is 19.2. The number of likely N-dealkylation sites (N-methyl/N-ethyl adjacent to an activating group) is 1. The van der Waals surface area contributed by atoms with E-state index in [0.717, 1.165) is 19.3 Å². The third kappa shape index (κ3) is 16.7. The second kappa shape index (κ2) is 15.8. The van der Waals surface area contributed by atoms with Gasteiger partial charge in [0.15, 0.2) is 0 Å². The lowest BCUT2D eigenvalue weighted by Gasteiger charge is -2.24. The summed E-state index contributed by atoms with van der Waals surface area (Å²) in [5, 5.41) is 0. The normalized spacial score (nSPS) is 14.0.